The van der Waals surface area contributed by atoms with Gasteiger partial charge in [0.2, 0.25) is 0 Å². The van der Waals surface area contributed by atoms with Gasteiger partial charge in [-0.3, -0.25) is 23.4 Å². The van der Waals surface area contributed by atoms with Crippen LogP contribution in [-0.2, 0) is 42.2 Å². The van der Waals surface area contributed by atoms with Crippen LogP contribution < -0.4 is 0 Å². The molecule has 0 aromatic carbocycles. The smallest absolute Gasteiger partial charge is 0.462 e. The van der Waals surface area contributed by atoms with Crippen molar-refractivity contribution < 1.29 is 52.2 Å². The van der Waals surface area contributed by atoms with E-state index in [2.05, 4.69) is 81.5 Å². The maximum Gasteiger partial charge on any atom is 0.472 e. The second-order valence-electron chi connectivity index (χ2n) is 21.6. The zero-order valence-corrected chi connectivity index (χ0v) is 51.3. The fraction of sp³-hybridized carbons (Fsp3) is 0.803. The van der Waals surface area contributed by atoms with E-state index in [-0.39, 0.29) is 25.9 Å². The maximum absolute atomic E-state index is 13.0. The lowest BCUT2D eigenvalue weighted by Crippen LogP contribution is -2.30. The van der Waals surface area contributed by atoms with Crippen LogP contribution in [0.25, 0.3) is 0 Å². The standard InChI is InChI=1S/C66H119O11P/c1-4-7-10-13-16-19-22-25-28-30-31-33-36-39-42-45-48-51-54-57-66(70)77-63(59-73-64(68)55-52-49-46-43-40-37-35-32-29-26-23-20-17-14-11-8-5-2)61-75-78(71,72)74-60-62(58-67)76-65(69)56-53-50-47-44-41-38-34-27-24-21-18-15-12-9-6-3/h16,18-19,21,25,27-28,31,33-34,62-63,67H,4-15,17,20,22-24,26,29-30,32,35-61H2,1-3H3,(H,71,72)/b19-16-,21-18-,28-25-,33-31-,34-27-. The first-order valence-corrected chi connectivity index (χ1v) is 33.7. The molecule has 0 amide bonds. The Morgan fingerprint density at radius 3 is 0.987 bits per heavy atom. The van der Waals surface area contributed by atoms with E-state index in [9.17, 15) is 28.9 Å². The van der Waals surface area contributed by atoms with Gasteiger partial charge >= 0.3 is 25.7 Å². The molecule has 0 aliphatic heterocycles. The Labute approximate surface area is 478 Å². The highest BCUT2D eigenvalue weighted by Gasteiger charge is 2.28. The average molecular weight is 1120 g/mol. The van der Waals surface area contributed by atoms with Gasteiger partial charge in [0.25, 0.3) is 0 Å². The van der Waals surface area contributed by atoms with Crippen LogP contribution in [0, 0.1) is 0 Å². The summed E-state index contributed by atoms with van der Waals surface area (Å²) in [6.45, 7) is 4.61. The van der Waals surface area contributed by atoms with Crippen LogP contribution in [0.3, 0.4) is 0 Å². The molecule has 0 spiro atoms. The van der Waals surface area contributed by atoms with Gasteiger partial charge in [0.05, 0.1) is 19.8 Å². The third kappa shape index (κ3) is 57.9. The third-order valence-electron chi connectivity index (χ3n) is 13.9. The zero-order valence-electron chi connectivity index (χ0n) is 50.4. The number of aliphatic hydroxyl groups excluding tert-OH is 1. The van der Waals surface area contributed by atoms with Gasteiger partial charge < -0.3 is 24.2 Å². The number of carbonyl (C=O) groups is 3. The first kappa shape index (κ1) is 75.2. The van der Waals surface area contributed by atoms with Gasteiger partial charge in [-0.15, -0.1) is 0 Å². The molecule has 2 N–H and O–H groups in total. The summed E-state index contributed by atoms with van der Waals surface area (Å²) < 4.78 is 39.7. The molecule has 78 heavy (non-hydrogen) atoms. The molecule has 0 radical (unpaired) electrons. The van der Waals surface area contributed by atoms with Gasteiger partial charge in [0.1, 0.15) is 12.7 Å². The van der Waals surface area contributed by atoms with E-state index < -0.39 is 57.8 Å². The lowest BCUT2D eigenvalue weighted by Gasteiger charge is -2.21. The largest absolute Gasteiger partial charge is 0.472 e. The van der Waals surface area contributed by atoms with Gasteiger partial charge in [-0.1, -0.05) is 255 Å². The van der Waals surface area contributed by atoms with Crippen molar-refractivity contribution in [3.63, 3.8) is 0 Å². The summed E-state index contributed by atoms with van der Waals surface area (Å²) in [6.07, 6.45) is 67.3. The summed E-state index contributed by atoms with van der Waals surface area (Å²) in [5.41, 5.74) is 0. The lowest BCUT2D eigenvalue weighted by molar-refractivity contribution is -0.161. The first-order chi connectivity index (χ1) is 38.2. The molecule has 3 atom stereocenters. The molecular formula is C66H119O11P. The van der Waals surface area contributed by atoms with E-state index in [0.717, 1.165) is 116 Å². The SMILES string of the molecule is CCCCC/C=C\C/C=C\C/C=C\CCCCCCCCC(=O)OC(COC(=O)CCCCCCCCCCCCCCCCCCC)COP(=O)(O)OCC(CO)OC(=O)CCCCCCC/C=C\C/C=C\CCCCC. The van der Waals surface area contributed by atoms with Crippen molar-refractivity contribution in [2.24, 2.45) is 0 Å². The molecule has 0 aromatic heterocycles. The third-order valence-corrected chi connectivity index (χ3v) is 14.9. The fourth-order valence-corrected chi connectivity index (χ4v) is 9.77. The summed E-state index contributed by atoms with van der Waals surface area (Å²) in [7, 11) is -4.76. The molecule has 0 rings (SSSR count). The van der Waals surface area contributed by atoms with Gasteiger partial charge in [-0.05, 0) is 89.9 Å². The number of ether oxygens (including phenoxy) is 3. The maximum atomic E-state index is 13.0. The summed E-state index contributed by atoms with van der Waals surface area (Å²) in [5.74, 6) is -1.48. The Morgan fingerprint density at radius 2 is 0.628 bits per heavy atom. The van der Waals surface area contributed by atoms with Crippen molar-refractivity contribution in [1.29, 1.82) is 0 Å². The number of hydrogen-bond acceptors (Lipinski definition) is 10. The van der Waals surface area contributed by atoms with E-state index in [1.54, 1.807) is 0 Å². The molecule has 0 fully saturated rings. The number of rotatable bonds is 60. The normalized spacial score (nSPS) is 13.7. The molecule has 0 bridgehead atoms. The highest BCUT2D eigenvalue weighted by Crippen LogP contribution is 2.43. The minimum atomic E-state index is -4.76. The van der Waals surface area contributed by atoms with E-state index in [1.807, 2.05) is 0 Å². The van der Waals surface area contributed by atoms with Crippen molar-refractivity contribution in [2.45, 2.75) is 315 Å². The topological polar surface area (TPSA) is 155 Å². The number of allylic oxidation sites excluding steroid dienone is 10. The van der Waals surface area contributed by atoms with Crippen LogP contribution in [0.2, 0.25) is 0 Å². The summed E-state index contributed by atoms with van der Waals surface area (Å²) in [6, 6.07) is 0. The monoisotopic (exact) mass is 1120 g/mol. The predicted molar refractivity (Wildman–Crippen MR) is 325 cm³/mol. The number of carbonyl (C=O) groups excluding carboxylic acids is 3. The number of aliphatic hydroxyl groups is 1. The second-order valence-corrected chi connectivity index (χ2v) is 23.0. The van der Waals surface area contributed by atoms with Gasteiger partial charge in [-0.25, -0.2) is 4.57 Å². The molecule has 3 unspecified atom stereocenters. The van der Waals surface area contributed by atoms with Crippen LogP contribution >= 0.6 is 7.82 Å². The Hall–Kier alpha value is -2.82. The fourth-order valence-electron chi connectivity index (χ4n) is 8.98. The number of phosphoric ester groups is 1. The van der Waals surface area contributed by atoms with Crippen LogP contribution in [0.1, 0.15) is 303 Å². The van der Waals surface area contributed by atoms with Crippen LogP contribution in [-0.4, -0.2) is 66.5 Å². The first-order valence-electron chi connectivity index (χ1n) is 32.2. The van der Waals surface area contributed by atoms with Crippen molar-refractivity contribution >= 4 is 25.7 Å². The summed E-state index contributed by atoms with van der Waals surface area (Å²) in [5, 5.41) is 9.84. The van der Waals surface area contributed by atoms with Crippen molar-refractivity contribution in [3.05, 3.63) is 60.8 Å². The van der Waals surface area contributed by atoms with Crippen molar-refractivity contribution in [2.75, 3.05) is 26.4 Å². The van der Waals surface area contributed by atoms with Gasteiger partial charge in [0, 0.05) is 19.3 Å². The lowest BCUT2D eigenvalue weighted by atomic mass is 10.0. The minimum absolute atomic E-state index is 0.153. The molecule has 0 heterocycles. The molecule has 0 aliphatic carbocycles. The average Bonchev–Trinajstić information content (AvgIpc) is 3.43. The number of hydrogen-bond donors (Lipinski definition) is 2. The predicted octanol–water partition coefficient (Wildman–Crippen LogP) is 19.5. The molecule has 0 saturated carbocycles. The molecule has 12 heteroatoms. The van der Waals surface area contributed by atoms with E-state index in [4.69, 9.17) is 23.3 Å². The number of phosphoric acid groups is 1. The summed E-state index contributed by atoms with van der Waals surface area (Å²) in [4.78, 5) is 48.7. The molecular weight excluding hydrogens is 1000 g/mol. The van der Waals surface area contributed by atoms with E-state index in [1.165, 1.54) is 128 Å². The highest BCUT2D eigenvalue weighted by atomic mass is 31.2. The summed E-state index contributed by atoms with van der Waals surface area (Å²) >= 11 is 0. The van der Waals surface area contributed by atoms with Crippen LogP contribution in [0.4, 0.5) is 0 Å². The molecule has 0 aromatic rings. The minimum Gasteiger partial charge on any atom is -0.462 e. The zero-order chi connectivity index (χ0) is 56.9. The second kappa shape index (κ2) is 60.3. The number of unbranched alkanes of at least 4 members (excludes halogenated alkanes) is 33. The van der Waals surface area contributed by atoms with Crippen LogP contribution in [0.5, 0.6) is 0 Å². The Balaban J connectivity index is 4.72. The van der Waals surface area contributed by atoms with Gasteiger partial charge in [0.15, 0.2) is 6.10 Å². The Morgan fingerprint density at radius 1 is 0.359 bits per heavy atom. The van der Waals surface area contributed by atoms with Gasteiger partial charge in [-0.2, -0.15) is 0 Å². The van der Waals surface area contributed by atoms with Crippen molar-refractivity contribution in [3.8, 4) is 0 Å². The molecule has 0 saturated heterocycles. The number of esters is 3. The van der Waals surface area contributed by atoms with E-state index in [0.29, 0.717) is 19.3 Å². The quantitative estimate of drug-likeness (QED) is 0.0197. The Bertz CT molecular complexity index is 1540. The molecule has 11 nitrogen and oxygen atoms in total. The highest BCUT2D eigenvalue weighted by molar-refractivity contribution is 7.47. The van der Waals surface area contributed by atoms with E-state index >= 15 is 0 Å². The van der Waals surface area contributed by atoms with Crippen molar-refractivity contribution in [1.82, 2.24) is 0 Å². The van der Waals surface area contributed by atoms with Crippen LogP contribution in [0.15, 0.2) is 60.8 Å². The molecule has 0 aliphatic rings. The molecule has 454 valence electrons. The Kier molecular flexibility index (Phi) is 58.1.